The molecule has 36 heavy (non-hydrogen) atoms. The molecule has 2 N–H and O–H groups in total. The van der Waals surface area contributed by atoms with Crippen LogP contribution in [0.15, 0.2) is 78.9 Å². The van der Waals surface area contributed by atoms with Crippen LogP contribution < -0.4 is 15.5 Å². The lowest BCUT2D eigenvalue weighted by Gasteiger charge is -2.29. The second-order valence-corrected chi connectivity index (χ2v) is 8.86. The fraction of sp³-hybridized carbons (Fsp3) is 0.143. The first-order valence-corrected chi connectivity index (χ1v) is 11.9. The van der Waals surface area contributed by atoms with E-state index in [1.165, 1.54) is 4.90 Å². The van der Waals surface area contributed by atoms with E-state index in [4.69, 9.17) is 0 Å². The van der Waals surface area contributed by atoms with Crippen molar-refractivity contribution in [1.82, 2.24) is 9.78 Å². The van der Waals surface area contributed by atoms with Crippen molar-refractivity contribution >= 4 is 34.8 Å². The van der Waals surface area contributed by atoms with Gasteiger partial charge in [-0.25, -0.2) is 4.68 Å². The molecule has 0 atom stereocenters. The molecule has 0 spiro atoms. The first kappa shape index (κ1) is 21.8. The van der Waals surface area contributed by atoms with E-state index in [-0.39, 0.29) is 24.3 Å². The van der Waals surface area contributed by atoms with E-state index in [9.17, 15) is 14.4 Å². The van der Waals surface area contributed by atoms with Gasteiger partial charge in [-0.3, -0.25) is 19.3 Å². The van der Waals surface area contributed by atoms with Gasteiger partial charge in [0.25, 0.3) is 11.8 Å². The molecule has 8 nitrogen and oxygen atoms in total. The zero-order valence-electron chi connectivity index (χ0n) is 19.4. The molecular weight excluding hydrogens is 454 g/mol. The Hall–Kier alpha value is -4.72. The van der Waals surface area contributed by atoms with Gasteiger partial charge in [0, 0.05) is 22.5 Å². The predicted molar refractivity (Wildman–Crippen MR) is 137 cm³/mol. The highest BCUT2D eigenvalue weighted by atomic mass is 16.2. The lowest BCUT2D eigenvalue weighted by Crippen LogP contribution is -2.42. The number of amides is 3. The second kappa shape index (κ2) is 8.81. The smallest absolute Gasteiger partial charge is 0.276 e. The fourth-order valence-corrected chi connectivity index (χ4v) is 4.86. The van der Waals surface area contributed by atoms with Crippen molar-refractivity contribution in [3.05, 3.63) is 101 Å². The van der Waals surface area contributed by atoms with E-state index in [2.05, 4.69) is 15.7 Å². The van der Waals surface area contributed by atoms with Crippen LogP contribution in [0.1, 0.15) is 38.5 Å². The van der Waals surface area contributed by atoms with Crippen molar-refractivity contribution in [2.75, 3.05) is 22.1 Å². The van der Waals surface area contributed by atoms with Crippen LogP contribution in [0.5, 0.6) is 0 Å². The highest BCUT2D eigenvalue weighted by Gasteiger charge is 2.28. The lowest BCUT2D eigenvalue weighted by atomic mass is 10.1. The topological polar surface area (TPSA) is 96.3 Å². The quantitative estimate of drug-likeness (QED) is 0.460. The monoisotopic (exact) mass is 477 g/mol. The van der Waals surface area contributed by atoms with Crippen molar-refractivity contribution in [2.24, 2.45) is 0 Å². The standard InChI is InChI=1S/C28H23N5O3/c34-25-17-32(24-11-5-4-10-22(24)30-25)28(36)18-13-15-19(16-14-18)29-27(35)26-21-9-6-12-23(21)33(31-26)20-7-2-1-3-8-20/h1-5,7-8,10-11,13-16H,6,9,12,17H2,(H,29,35)(H,30,34). The molecular formula is C28H23N5O3. The summed E-state index contributed by atoms with van der Waals surface area (Å²) in [5.41, 5.74) is 5.69. The summed E-state index contributed by atoms with van der Waals surface area (Å²) in [6.45, 7) is -0.0521. The summed E-state index contributed by atoms with van der Waals surface area (Å²) in [7, 11) is 0. The van der Waals surface area contributed by atoms with Crippen LogP contribution in [0.4, 0.5) is 17.1 Å². The third-order valence-electron chi connectivity index (χ3n) is 6.55. The van der Waals surface area contributed by atoms with Gasteiger partial charge in [-0.05, 0) is 67.8 Å². The normalized spacial score (nSPS) is 14.1. The zero-order chi connectivity index (χ0) is 24.6. The van der Waals surface area contributed by atoms with Crippen molar-refractivity contribution < 1.29 is 14.4 Å². The number of rotatable bonds is 4. The first-order chi connectivity index (χ1) is 17.6. The number of carbonyl (C=O) groups excluding carboxylic acids is 3. The third kappa shape index (κ3) is 3.82. The molecule has 1 aromatic heterocycles. The molecule has 0 fully saturated rings. The summed E-state index contributed by atoms with van der Waals surface area (Å²) in [4.78, 5) is 39.9. The maximum absolute atomic E-state index is 13.2. The minimum atomic E-state index is -0.283. The van der Waals surface area contributed by atoms with Gasteiger partial charge in [-0.15, -0.1) is 0 Å². The highest BCUT2D eigenvalue weighted by Crippen LogP contribution is 2.31. The molecule has 3 amide bonds. The Bertz CT molecular complexity index is 1490. The summed E-state index contributed by atoms with van der Waals surface area (Å²) >= 11 is 0. The van der Waals surface area contributed by atoms with E-state index in [0.29, 0.717) is 28.3 Å². The van der Waals surface area contributed by atoms with Crippen molar-refractivity contribution in [3.8, 4) is 5.69 Å². The Balaban J connectivity index is 1.22. The van der Waals surface area contributed by atoms with Crippen LogP contribution >= 0.6 is 0 Å². The molecule has 2 aliphatic rings. The number of aromatic nitrogens is 2. The van der Waals surface area contributed by atoms with Crippen molar-refractivity contribution in [3.63, 3.8) is 0 Å². The lowest BCUT2D eigenvalue weighted by molar-refractivity contribution is -0.115. The summed E-state index contributed by atoms with van der Waals surface area (Å²) in [5.74, 6) is -0.799. The average molecular weight is 478 g/mol. The van der Waals surface area contributed by atoms with Gasteiger partial charge in [0.1, 0.15) is 6.54 Å². The number of hydrogen-bond donors (Lipinski definition) is 2. The fourth-order valence-electron chi connectivity index (χ4n) is 4.86. The van der Waals surface area contributed by atoms with Gasteiger partial charge in [0.2, 0.25) is 5.91 Å². The molecule has 1 aliphatic carbocycles. The van der Waals surface area contributed by atoms with E-state index in [1.807, 2.05) is 47.1 Å². The number of anilines is 3. The number of nitrogens with one attached hydrogen (secondary N) is 2. The molecule has 8 heteroatoms. The molecule has 0 saturated heterocycles. The van der Waals surface area contributed by atoms with E-state index in [0.717, 1.165) is 36.2 Å². The van der Waals surface area contributed by atoms with Gasteiger partial charge < -0.3 is 10.6 Å². The SMILES string of the molecule is O=C1CN(C(=O)c2ccc(NC(=O)c3nn(-c4ccccc4)c4c3CCC4)cc2)c2ccccc2N1. The van der Waals surface area contributed by atoms with Crippen LogP contribution in [0.25, 0.3) is 5.69 Å². The Morgan fingerprint density at radius 3 is 2.44 bits per heavy atom. The number of fused-ring (bicyclic) bond motifs is 2. The minimum absolute atomic E-state index is 0.0521. The number of hydrogen-bond acceptors (Lipinski definition) is 4. The number of para-hydroxylation sites is 3. The Morgan fingerprint density at radius 1 is 0.889 bits per heavy atom. The number of benzene rings is 3. The molecule has 0 radical (unpaired) electrons. The molecule has 4 aromatic rings. The van der Waals surface area contributed by atoms with Crippen LogP contribution in [0.2, 0.25) is 0 Å². The molecule has 2 heterocycles. The third-order valence-corrected chi connectivity index (χ3v) is 6.55. The summed E-state index contributed by atoms with van der Waals surface area (Å²) in [6.07, 6.45) is 2.71. The maximum atomic E-state index is 13.2. The van der Waals surface area contributed by atoms with E-state index >= 15 is 0 Å². The summed E-state index contributed by atoms with van der Waals surface area (Å²) < 4.78 is 1.87. The van der Waals surface area contributed by atoms with Gasteiger partial charge in [0.05, 0.1) is 17.1 Å². The highest BCUT2D eigenvalue weighted by molar-refractivity contribution is 6.15. The van der Waals surface area contributed by atoms with E-state index in [1.54, 1.807) is 36.4 Å². The van der Waals surface area contributed by atoms with Gasteiger partial charge >= 0.3 is 0 Å². The largest absolute Gasteiger partial charge is 0.323 e. The number of carbonyl (C=O) groups is 3. The molecule has 0 unspecified atom stereocenters. The zero-order valence-corrected chi connectivity index (χ0v) is 19.4. The molecule has 178 valence electrons. The molecule has 3 aromatic carbocycles. The Morgan fingerprint density at radius 2 is 1.64 bits per heavy atom. The molecule has 0 bridgehead atoms. The second-order valence-electron chi connectivity index (χ2n) is 8.86. The van der Waals surface area contributed by atoms with Gasteiger partial charge in [-0.1, -0.05) is 30.3 Å². The number of nitrogens with zero attached hydrogens (tertiary/aromatic N) is 3. The minimum Gasteiger partial charge on any atom is -0.323 e. The summed E-state index contributed by atoms with van der Waals surface area (Å²) in [6, 6.07) is 23.7. The van der Waals surface area contributed by atoms with Crippen LogP contribution in [0, 0.1) is 0 Å². The van der Waals surface area contributed by atoms with E-state index < -0.39 is 0 Å². The molecule has 1 aliphatic heterocycles. The molecule has 6 rings (SSSR count). The van der Waals surface area contributed by atoms with Crippen LogP contribution in [0.3, 0.4) is 0 Å². The van der Waals surface area contributed by atoms with Gasteiger partial charge in [-0.2, -0.15) is 5.10 Å². The van der Waals surface area contributed by atoms with Crippen molar-refractivity contribution in [1.29, 1.82) is 0 Å². The van der Waals surface area contributed by atoms with Gasteiger partial charge in [0.15, 0.2) is 5.69 Å². The maximum Gasteiger partial charge on any atom is 0.276 e. The van der Waals surface area contributed by atoms with Crippen molar-refractivity contribution in [2.45, 2.75) is 19.3 Å². The Labute approximate surface area is 207 Å². The van der Waals surface area contributed by atoms with Crippen LogP contribution in [-0.2, 0) is 17.6 Å². The first-order valence-electron chi connectivity index (χ1n) is 11.9. The molecule has 0 saturated carbocycles. The van der Waals surface area contributed by atoms with Crippen LogP contribution in [-0.4, -0.2) is 34.0 Å². The predicted octanol–water partition coefficient (Wildman–Crippen LogP) is 4.21. The Kier molecular flexibility index (Phi) is 5.33. The average Bonchev–Trinajstić information content (AvgIpc) is 3.52. The summed E-state index contributed by atoms with van der Waals surface area (Å²) in [5, 5.41) is 10.3.